The first kappa shape index (κ1) is 9.01. The summed E-state index contributed by atoms with van der Waals surface area (Å²) in [6, 6.07) is 6.28. The highest BCUT2D eigenvalue weighted by Gasteiger charge is 2.24. The molecule has 0 aliphatic heterocycles. The minimum atomic E-state index is 0.574. The molecule has 1 saturated carbocycles. The molecule has 1 heterocycles. The number of anilines is 1. The van der Waals surface area contributed by atoms with Crippen molar-refractivity contribution in [3.63, 3.8) is 0 Å². The summed E-state index contributed by atoms with van der Waals surface area (Å²) in [5, 5.41) is 11.9. The molecule has 0 aromatic carbocycles. The van der Waals surface area contributed by atoms with Gasteiger partial charge in [-0.25, -0.2) is 4.98 Å². The first-order chi connectivity index (χ1) is 6.78. The first-order valence-corrected chi connectivity index (χ1v) is 4.90. The molecule has 0 bridgehead atoms. The van der Waals surface area contributed by atoms with Crippen LogP contribution in [0.1, 0.15) is 25.3 Å². The molecular weight excluding hydrogens is 174 g/mol. The van der Waals surface area contributed by atoms with Gasteiger partial charge in [-0.15, -0.1) is 0 Å². The molecule has 72 valence electrons. The summed E-state index contributed by atoms with van der Waals surface area (Å²) in [5.74, 6) is 1.71. The Labute approximate surface area is 83.8 Å². The number of rotatable bonds is 2. The molecule has 0 unspecified atom stereocenters. The number of aromatic nitrogens is 1. The SMILES string of the molecule is CC1CC(Nc2ccc(C#N)cn2)C1. The molecule has 14 heavy (non-hydrogen) atoms. The van der Waals surface area contributed by atoms with Crippen LogP contribution in [-0.4, -0.2) is 11.0 Å². The fraction of sp³-hybridized carbons (Fsp3) is 0.455. The number of nitrogens with zero attached hydrogens (tertiary/aromatic N) is 2. The van der Waals surface area contributed by atoms with Gasteiger partial charge in [0.2, 0.25) is 0 Å². The Bertz CT molecular complexity index is 344. The van der Waals surface area contributed by atoms with Crippen molar-refractivity contribution in [3.8, 4) is 6.07 Å². The third-order valence-electron chi connectivity index (χ3n) is 2.62. The van der Waals surface area contributed by atoms with Crippen molar-refractivity contribution in [1.82, 2.24) is 4.98 Å². The summed E-state index contributed by atoms with van der Waals surface area (Å²) in [6.07, 6.45) is 4.05. The lowest BCUT2D eigenvalue weighted by Crippen LogP contribution is -2.33. The maximum Gasteiger partial charge on any atom is 0.126 e. The molecule has 0 atom stereocenters. The van der Waals surface area contributed by atoms with E-state index in [-0.39, 0.29) is 0 Å². The Hall–Kier alpha value is -1.56. The van der Waals surface area contributed by atoms with E-state index in [0.29, 0.717) is 11.6 Å². The van der Waals surface area contributed by atoms with Crippen molar-refractivity contribution in [3.05, 3.63) is 23.9 Å². The maximum absolute atomic E-state index is 8.59. The zero-order valence-electron chi connectivity index (χ0n) is 8.20. The molecule has 1 aromatic heterocycles. The molecular formula is C11H13N3. The van der Waals surface area contributed by atoms with Crippen LogP contribution in [0, 0.1) is 17.2 Å². The molecule has 1 aliphatic rings. The molecule has 0 radical (unpaired) electrons. The average molecular weight is 187 g/mol. The van der Waals surface area contributed by atoms with Gasteiger partial charge in [-0.3, -0.25) is 0 Å². The predicted molar refractivity (Wildman–Crippen MR) is 54.8 cm³/mol. The van der Waals surface area contributed by atoms with Crippen LogP contribution < -0.4 is 5.32 Å². The predicted octanol–water partition coefficient (Wildman–Crippen LogP) is 2.16. The Kier molecular flexibility index (Phi) is 2.36. The first-order valence-electron chi connectivity index (χ1n) is 4.90. The normalized spacial score (nSPS) is 24.9. The Morgan fingerprint density at radius 2 is 2.29 bits per heavy atom. The van der Waals surface area contributed by atoms with Gasteiger partial charge >= 0.3 is 0 Å². The fourth-order valence-corrected chi connectivity index (χ4v) is 1.77. The second-order valence-corrected chi connectivity index (χ2v) is 3.96. The van der Waals surface area contributed by atoms with Gasteiger partial charge in [-0.1, -0.05) is 6.92 Å². The van der Waals surface area contributed by atoms with Gasteiger partial charge in [-0.2, -0.15) is 5.26 Å². The highest BCUT2D eigenvalue weighted by molar-refractivity contribution is 5.40. The topological polar surface area (TPSA) is 48.7 Å². The minimum Gasteiger partial charge on any atom is -0.367 e. The van der Waals surface area contributed by atoms with E-state index >= 15 is 0 Å². The van der Waals surface area contributed by atoms with Gasteiger partial charge < -0.3 is 5.32 Å². The molecule has 1 fully saturated rings. The van der Waals surface area contributed by atoms with E-state index in [4.69, 9.17) is 5.26 Å². The zero-order chi connectivity index (χ0) is 9.97. The maximum atomic E-state index is 8.59. The minimum absolute atomic E-state index is 0.574. The smallest absolute Gasteiger partial charge is 0.126 e. The van der Waals surface area contributed by atoms with Crippen molar-refractivity contribution in [2.75, 3.05) is 5.32 Å². The molecule has 0 spiro atoms. The lowest BCUT2D eigenvalue weighted by Gasteiger charge is -2.33. The molecule has 0 amide bonds. The van der Waals surface area contributed by atoms with Crippen LogP contribution in [0.5, 0.6) is 0 Å². The van der Waals surface area contributed by atoms with Crippen LogP contribution in [0.15, 0.2) is 18.3 Å². The van der Waals surface area contributed by atoms with Crippen LogP contribution in [0.4, 0.5) is 5.82 Å². The summed E-state index contributed by atoms with van der Waals surface area (Å²) in [7, 11) is 0. The molecule has 1 aliphatic carbocycles. The quantitative estimate of drug-likeness (QED) is 0.771. The zero-order valence-corrected chi connectivity index (χ0v) is 8.20. The van der Waals surface area contributed by atoms with Gasteiger partial charge in [0.15, 0.2) is 0 Å². The van der Waals surface area contributed by atoms with Crippen LogP contribution >= 0.6 is 0 Å². The van der Waals surface area contributed by atoms with E-state index in [2.05, 4.69) is 23.3 Å². The second-order valence-electron chi connectivity index (χ2n) is 3.96. The number of pyridine rings is 1. The standard InChI is InChI=1S/C11H13N3/c1-8-4-10(5-8)14-11-3-2-9(6-12)7-13-11/h2-3,7-8,10H,4-5H2,1H3,(H,13,14). The highest BCUT2D eigenvalue weighted by atomic mass is 15.0. The lowest BCUT2D eigenvalue weighted by atomic mass is 9.82. The fourth-order valence-electron chi connectivity index (χ4n) is 1.77. The summed E-state index contributed by atoms with van der Waals surface area (Å²) in [4.78, 5) is 4.16. The summed E-state index contributed by atoms with van der Waals surface area (Å²) < 4.78 is 0. The lowest BCUT2D eigenvalue weighted by molar-refractivity contribution is 0.308. The van der Waals surface area contributed by atoms with E-state index in [1.807, 2.05) is 6.07 Å². The van der Waals surface area contributed by atoms with Crippen molar-refractivity contribution < 1.29 is 0 Å². The van der Waals surface area contributed by atoms with Crippen LogP contribution in [0.2, 0.25) is 0 Å². The Balaban J connectivity index is 1.94. The van der Waals surface area contributed by atoms with Crippen molar-refractivity contribution in [1.29, 1.82) is 5.26 Å². The van der Waals surface area contributed by atoms with Crippen molar-refractivity contribution in [2.24, 2.45) is 5.92 Å². The van der Waals surface area contributed by atoms with Gasteiger partial charge in [-0.05, 0) is 30.9 Å². The third kappa shape index (κ3) is 1.85. The molecule has 2 rings (SSSR count). The van der Waals surface area contributed by atoms with Crippen LogP contribution in [-0.2, 0) is 0 Å². The Morgan fingerprint density at radius 3 is 2.79 bits per heavy atom. The van der Waals surface area contributed by atoms with Crippen LogP contribution in [0.3, 0.4) is 0 Å². The number of nitriles is 1. The monoisotopic (exact) mass is 187 g/mol. The third-order valence-corrected chi connectivity index (χ3v) is 2.62. The van der Waals surface area contributed by atoms with E-state index in [1.54, 1.807) is 12.3 Å². The largest absolute Gasteiger partial charge is 0.367 e. The van der Waals surface area contributed by atoms with E-state index in [1.165, 1.54) is 12.8 Å². The molecule has 0 saturated heterocycles. The Morgan fingerprint density at radius 1 is 1.50 bits per heavy atom. The van der Waals surface area contributed by atoms with E-state index in [0.717, 1.165) is 11.7 Å². The molecule has 1 aromatic rings. The van der Waals surface area contributed by atoms with Gasteiger partial charge in [0, 0.05) is 12.2 Å². The molecule has 3 nitrogen and oxygen atoms in total. The molecule has 1 N–H and O–H groups in total. The van der Waals surface area contributed by atoms with Gasteiger partial charge in [0.05, 0.1) is 5.56 Å². The van der Waals surface area contributed by atoms with Crippen molar-refractivity contribution >= 4 is 5.82 Å². The molecule has 3 heteroatoms. The number of nitrogens with one attached hydrogen (secondary N) is 1. The number of hydrogen-bond acceptors (Lipinski definition) is 3. The van der Waals surface area contributed by atoms with E-state index < -0.39 is 0 Å². The summed E-state index contributed by atoms with van der Waals surface area (Å²) in [6.45, 7) is 2.25. The van der Waals surface area contributed by atoms with Crippen LogP contribution in [0.25, 0.3) is 0 Å². The van der Waals surface area contributed by atoms with E-state index in [9.17, 15) is 0 Å². The summed E-state index contributed by atoms with van der Waals surface area (Å²) >= 11 is 0. The van der Waals surface area contributed by atoms with Gasteiger partial charge in [0.1, 0.15) is 11.9 Å². The van der Waals surface area contributed by atoms with Gasteiger partial charge in [0.25, 0.3) is 0 Å². The summed E-state index contributed by atoms with van der Waals surface area (Å²) in [5.41, 5.74) is 0.609. The number of hydrogen-bond donors (Lipinski definition) is 1. The highest BCUT2D eigenvalue weighted by Crippen LogP contribution is 2.28. The van der Waals surface area contributed by atoms with Crippen molar-refractivity contribution in [2.45, 2.75) is 25.8 Å². The second kappa shape index (κ2) is 3.67. The average Bonchev–Trinajstić information content (AvgIpc) is 2.17.